The van der Waals surface area contributed by atoms with Crippen LogP contribution in [0.3, 0.4) is 0 Å². The van der Waals surface area contributed by atoms with Crippen LogP contribution in [0.4, 0.5) is 5.69 Å². The summed E-state index contributed by atoms with van der Waals surface area (Å²) in [6.07, 6.45) is 1.81. The molecule has 0 fully saturated rings. The second-order valence-corrected chi connectivity index (χ2v) is 4.70. The predicted octanol–water partition coefficient (Wildman–Crippen LogP) is 3.19. The molecule has 0 unspecified atom stereocenters. The Morgan fingerprint density at radius 3 is 2.81 bits per heavy atom. The molecule has 1 aromatic heterocycles. The lowest BCUT2D eigenvalue weighted by Gasteiger charge is -2.12. The van der Waals surface area contributed by atoms with Crippen LogP contribution in [0.2, 0.25) is 0 Å². The Labute approximate surface area is 122 Å². The number of hydrogen-bond acceptors (Lipinski definition) is 4. The maximum atomic E-state index is 5.40. The maximum absolute atomic E-state index is 5.40. The van der Waals surface area contributed by atoms with E-state index in [1.807, 2.05) is 36.5 Å². The first kappa shape index (κ1) is 13.3. The van der Waals surface area contributed by atoms with Crippen LogP contribution in [-0.4, -0.2) is 24.4 Å². The molecular formula is C16H17N3O2. The molecule has 3 aromatic rings. The number of aromatic nitrogens is 2. The largest absolute Gasteiger partial charge is 0.497 e. The molecule has 0 aliphatic heterocycles. The molecule has 108 valence electrons. The summed E-state index contributed by atoms with van der Waals surface area (Å²) in [4.78, 5) is 0. The van der Waals surface area contributed by atoms with Crippen molar-refractivity contribution in [1.82, 2.24) is 10.2 Å². The van der Waals surface area contributed by atoms with E-state index < -0.39 is 0 Å². The fraction of sp³-hybridized carbons (Fsp3) is 0.188. The number of methoxy groups -OCH3 is 2. The molecule has 0 aliphatic rings. The Bertz CT molecular complexity index is 752. The van der Waals surface area contributed by atoms with Gasteiger partial charge in [-0.1, -0.05) is 0 Å². The topological polar surface area (TPSA) is 59.2 Å². The van der Waals surface area contributed by atoms with E-state index in [9.17, 15) is 0 Å². The van der Waals surface area contributed by atoms with E-state index >= 15 is 0 Å². The lowest BCUT2D eigenvalue weighted by molar-refractivity contribution is 0.391. The first-order valence-corrected chi connectivity index (χ1v) is 6.68. The molecule has 0 aliphatic carbocycles. The van der Waals surface area contributed by atoms with Crippen LogP contribution in [0.25, 0.3) is 10.9 Å². The molecular weight excluding hydrogens is 266 g/mol. The van der Waals surface area contributed by atoms with E-state index in [1.165, 1.54) is 0 Å². The van der Waals surface area contributed by atoms with Crippen molar-refractivity contribution in [3.63, 3.8) is 0 Å². The van der Waals surface area contributed by atoms with Crippen LogP contribution in [0.1, 0.15) is 5.56 Å². The van der Waals surface area contributed by atoms with Crippen molar-refractivity contribution in [3.05, 3.63) is 48.2 Å². The van der Waals surface area contributed by atoms with Gasteiger partial charge in [-0.15, -0.1) is 0 Å². The molecule has 2 aromatic carbocycles. The van der Waals surface area contributed by atoms with Gasteiger partial charge in [0.2, 0.25) is 0 Å². The summed E-state index contributed by atoms with van der Waals surface area (Å²) in [5, 5.41) is 11.4. The minimum Gasteiger partial charge on any atom is -0.497 e. The number of ether oxygens (including phenoxy) is 2. The van der Waals surface area contributed by atoms with E-state index in [4.69, 9.17) is 9.47 Å². The summed E-state index contributed by atoms with van der Waals surface area (Å²) < 4.78 is 10.6. The van der Waals surface area contributed by atoms with Crippen LogP contribution in [0.15, 0.2) is 42.6 Å². The van der Waals surface area contributed by atoms with Crippen LogP contribution in [0, 0.1) is 0 Å². The van der Waals surface area contributed by atoms with Crippen molar-refractivity contribution >= 4 is 16.6 Å². The van der Waals surface area contributed by atoms with Crippen molar-refractivity contribution in [2.45, 2.75) is 6.54 Å². The van der Waals surface area contributed by atoms with E-state index in [-0.39, 0.29) is 0 Å². The Kier molecular flexibility index (Phi) is 3.64. The number of H-pyrrole nitrogens is 1. The van der Waals surface area contributed by atoms with Crippen molar-refractivity contribution in [2.24, 2.45) is 0 Å². The minimum absolute atomic E-state index is 0.677. The van der Waals surface area contributed by atoms with Crippen LogP contribution >= 0.6 is 0 Å². The second kappa shape index (κ2) is 5.75. The third-order valence-corrected chi connectivity index (χ3v) is 3.42. The van der Waals surface area contributed by atoms with Crippen molar-refractivity contribution in [2.75, 3.05) is 19.5 Å². The molecule has 0 spiro atoms. The van der Waals surface area contributed by atoms with Gasteiger partial charge in [0.1, 0.15) is 11.5 Å². The molecule has 21 heavy (non-hydrogen) atoms. The average molecular weight is 283 g/mol. The number of hydrogen-bond donors (Lipinski definition) is 2. The summed E-state index contributed by atoms with van der Waals surface area (Å²) in [5.74, 6) is 1.60. The van der Waals surface area contributed by atoms with Gasteiger partial charge in [-0.25, -0.2) is 0 Å². The molecule has 0 amide bonds. The second-order valence-electron chi connectivity index (χ2n) is 4.70. The number of nitrogens with one attached hydrogen (secondary N) is 2. The third-order valence-electron chi connectivity index (χ3n) is 3.42. The number of nitrogens with zero attached hydrogens (tertiary/aromatic N) is 1. The highest BCUT2D eigenvalue weighted by Gasteiger charge is 2.05. The Hall–Kier alpha value is -2.69. The zero-order valence-electron chi connectivity index (χ0n) is 12.0. The highest BCUT2D eigenvalue weighted by molar-refractivity contribution is 5.81. The molecule has 0 saturated carbocycles. The van der Waals surface area contributed by atoms with Crippen molar-refractivity contribution in [3.8, 4) is 11.5 Å². The third kappa shape index (κ3) is 2.76. The summed E-state index contributed by atoms with van der Waals surface area (Å²) in [7, 11) is 3.31. The monoisotopic (exact) mass is 283 g/mol. The number of anilines is 1. The highest BCUT2D eigenvalue weighted by atomic mass is 16.5. The number of fused-ring (bicyclic) bond motifs is 1. The normalized spacial score (nSPS) is 10.6. The molecule has 5 nitrogen and oxygen atoms in total. The van der Waals surface area contributed by atoms with Gasteiger partial charge in [-0.2, -0.15) is 5.10 Å². The van der Waals surface area contributed by atoms with Crippen LogP contribution in [0.5, 0.6) is 11.5 Å². The van der Waals surface area contributed by atoms with E-state index in [1.54, 1.807) is 14.2 Å². The van der Waals surface area contributed by atoms with E-state index in [0.717, 1.165) is 33.7 Å². The van der Waals surface area contributed by atoms with Gasteiger partial charge in [0.05, 0.1) is 25.9 Å². The Balaban J connectivity index is 1.77. The Morgan fingerprint density at radius 2 is 2.00 bits per heavy atom. The van der Waals surface area contributed by atoms with Crippen molar-refractivity contribution in [1.29, 1.82) is 0 Å². The zero-order chi connectivity index (χ0) is 14.7. The number of aromatic amines is 1. The molecule has 5 heteroatoms. The standard InChI is InChI=1S/C16H17N3O2/c1-20-14-5-3-11(16(8-14)21-2)9-17-13-4-6-15-12(7-13)10-18-19-15/h3-8,10,17H,9H2,1-2H3,(H,18,19). The fourth-order valence-electron chi connectivity index (χ4n) is 2.25. The SMILES string of the molecule is COc1ccc(CNc2ccc3[nH]ncc3c2)c(OC)c1. The maximum Gasteiger partial charge on any atom is 0.127 e. The zero-order valence-corrected chi connectivity index (χ0v) is 12.0. The first-order chi connectivity index (χ1) is 10.3. The Morgan fingerprint density at radius 1 is 1.10 bits per heavy atom. The van der Waals surface area contributed by atoms with E-state index in [0.29, 0.717) is 6.54 Å². The molecule has 0 saturated heterocycles. The minimum atomic E-state index is 0.677. The lowest BCUT2D eigenvalue weighted by Crippen LogP contribution is -2.02. The first-order valence-electron chi connectivity index (χ1n) is 6.68. The molecule has 0 bridgehead atoms. The fourth-order valence-corrected chi connectivity index (χ4v) is 2.25. The van der Waals surface area contributed by atoms with E-state index in [2.05, 4.69) is 21.6 Å². The summed E-state index contributed by atoms with van der Waals surface area (Å²) >= 11 is 0. The van der Waals surface area contributed by atoms with Gasteiger partial charge in [0.25, 0.3) is 0 Å². The van der Waals surface area contributed by atoms with Crippen LogP contribution in [-0.2, 0) is 6.54 Å². The van der Waals surface area contributed by atoms with Crippen LogP contribution < -0.4 is 14.8 Å². The van der Waals surface area contributed by atoms with Gasteiger partial charge in [-0.05, 0) is 30.3 Å². The summed E-state index contributed by atoms with van der Waals surface area (Å²) in [6.45, 7) is 0.677. The van der Waals surface area contributed by atoms with Gasteiger partial charge < -0.3 is 14.8 Å². The molecule has 1 heterocycles. The molecule has 0 atom stereocenters. The van der Waals surface area contributed by atoms with Gasteiger partial charge in [0, 0.05) is 29.2 Å². The smallest absolute Gasteiger partial charge is 0.127 e. The van der Waals surface area contributed by atoms with Crippen molar-refractivity contribution < 1.29 is 9.47 Å². The quantitative estimate of drug-likeness (QED) is 0.755. The van der Waals surface area contributed by atoms with Gasteiger partial charge >= 0.3 is 0 Å². The summed E-state index contributed by atoms with van der Waals surface area (Å²) in [6, 6.07) is 11.9. The predicted molar refractivity (Wildman–Crippen MR) is 83.0 cm³/mol. The molecule has 3 rings (SSSR count). The molecule has 0 radical (unpaired) electrons. The average Bonchev–Trinajstić information content (AvgIpc) is 3.00. The summed E-state index contributed by atoms with van der Waals surface area (Å²) in [5.41, 5.74) is 3.15. The van der Waals surface area contributed by atoms with Gasteiger partial charge in [-0.3, -0.25) is 5.10 Å². The number of benzene rings is 2. The number of rotatable bonds is 5. The van der Waals surface area contributed by atoms with Gasteiger partial charge in [0.15, 0.2) is 0 Å². The molecule has 2 N–H and O–H groups in total. The lowest BCUT2D eigenvalue weighted by atomic mass is 10.1. The highest BCUT2D eigenvalue weighted by Crippen LogP contribution is 2.25.